The zero-order valence-corrected chi connectivity index (χ0v) is 20.8. The predicted octanol–water partition coefficient (Wildman–Crippen LogP) is 4.05. The van der Waals surface area contributed by atoms with Crippen LogP contribution in [0.5, 0.6) is 0 Å². The van der Waals surface area contributed by atoms with Gasteiger partial charge in [0, 0.05) is 61.6 Å². The molecule has 1 aromatic heterocycles. The van der Waals surface area contributed by atoms with Gasteiger partial charge in [0.15, 0.2) is 0 Å². The molecule has 2 fully saturated rings. The van der Waals surface area contributed by atoms with Crippen molar-refractivity contribution in [2.45, 2.75) is 44.7 Å². The molecule has 0 radical (unpaired) electrons. The summed E-state index contributed by atoms with van der Waals surface area (Å²) in [4.78, 5) is 27.7. The molecule has 7 nitrogen and oxygen atoms in total. The molecule has 2 aromatic carbocycles. The van der Waals surface area contributed by atoms with Gasteiger partial charge in [-0.05, 0) is 55.9 Å². The Kier molecular flexibility index (Phi) is 7.98. The van der Waals surface area contributed by atoms with Crippen LogP contribution >= 0.6 is 0 Å². The zero-order chi connectivity index (χ0) is 24.7. The molecule has 0 atom stereocenters. The van der Waals surface area contributed by atoms with E-state index < -0.39 is 0 Å². The Bertz CT molecular complexity index is 1190. The van der Waals surface area contributed by atoms with Gasteiger partial charge >= 0.3 is 0 Å². The minimum absolute atomic E-state index is 0.0000236. The van der Waals surface area contributed by atoms with Gasteiger partial charge in [0.25, 0.3) is 11.8 Å². The standard InChI is InChI=1S/C29H35N3O4/c33-28(30-24-11-16-35-17-12-24)23-8-5-7-22(20-23)6-3-4-13-32-21-26(25-9-1-2-10-27(25)32)29(34)31-14-18-36-19-15-31/h1-2,5,7-10,20-21,24H,3-4,6,11-19H2,(H,30,33). The van der Waals surface area contributed by atoms with Crippen molar-refractivity contribution in [3.63, 3.8) is 0 Å². The molecular formula is C29H35N3O4. The molecule has 0 bridgehead atoms. The Balaban J connectivity index is 1.18. The third-order valence-corrected chi connectivity index (χ3v) is 7.18. The second-order valence-corrected chi connectivity index (χ2v) is 9.68. The summed E-state index contributed by atoms with van der Waals surface area (Å²) >= 11 is 0. The van der Waals surface area contributed by atoms with Gasteiger partial charge in [0.2, 0.25) is 0 Å². The Morgan fingerprint density at radius 2 is 1.69 bits per heavy atom. The summed E-state index contributed by atoms with van der Waals surface area (Å²) in [7, 11) is 0. The van der Waals surface area contributed by atoms with E-state index >= 15 is 0 Å². The number of unbranched alkanes of at least 4 members (excludes halogenated alkanes) is 1. The van der Waals surface area contributed by atoms with Gasteiger partial charge in [-0.1, -0.05) is 30.3 Å². The highest BCUT2D eigenvalue weighted by atomic mass is 16.5. The lowest BCUT2D eigenvalue weighted by Crippen LogP contribution is -2.40. The van der Waals surface area contributed by atoms with Crippen LogP contribution in [-0.4, -0.2) is 66.8 Å². The van der Waals surface area contributed by atoms with Gasteiger partial charge < -0.3 is 24.3 Å². The number of rotatable bonds is 8. The first-order chi connectivity index (χ1) is 17.7. The highest BCUT2D eigenvalue weighted by Crippen LogP contribution is 2.24. The summed E-state index contributed by atoms with van der Waals surface area (Å²) in [6.45, 7) is 4.76. The third-order valence-electron chi connectivity index (χ3n) is 7.18. The summed E-state index contributed by atoms with van der Waals surface area (Å²) in [5.74, 6) is 0.0871. The number of para-hydroxylation sites is 1. The molecule has 0 spiro atoms. The molecule has 0 unspecified atom stereocenters. The van der Waals surface area contributed by atoms with E-state index in [2.05, 4.69) is 22.0 Å². The monoisotopic (exact) mass is 489 g/mol. The van der Waals surface area contributed by atoms with E-state index in [1.54, 1.807) is 0 Å². The van der Waals surface area contributed by atoms with Crippen LogP contribution in [0.2, 0.25) is 0 Å². The number of hydrogen-bond donors (Lipinski definition) is 1. The van der Waals surface area contributed by atoms with Gasteiger partial charge in [-0.3, -0.25) is 9.59 Å². The number of morpholine rings is 1. The van der Waals surface area contributed by atoms with Crippen LogP contribution in [0.4, 0.5) is 0 Å². The Labute approximate surface area is 212 Å². The van der Waals surface area contributed by atoms with Crippen molar-refractivity contribution >= 4 is 22.7 Å². The molecule has 2 aliphatic heterocycles. The zero-order valence-electron chi connectivity index (χ0n) is 20.8. The average molecular weight is 490 g/mol. The highest BCUT2D eigenvalue weighted by molar-refractivity contribution is 6.07. The number of fused-ring (bicyclic) bond motifs is 1. The number of aromatic nitrogens is 1. The lowest BCUT2D eigenvalue weighted by Gasteiger charge is -2.26. The molecule has 1 N–H and O–H groups in total. The molecule has 0 saturated carbocycles. The number of carbonyl (C=O) groups excluding carboxylic acids is 2. The van der Waals surface area contributed by atoms with Crippen LogP contribution in [0, 0.1) is 0 Å². The highest BCUT2D eigenvalue weighted by Gasteiger charge is 2.22. The molecule has 5 rings (SSSR count). The number of amides is 2. The van der Waals surface area contributed by atoms with Gasteiger partial charge in [-0.25, -0.2) is 0 Å². The molecule has 3 heterocycles. The smallest absolute Gasteiger partial charge is 0.256 e. The van der Waals surface area contributed by atoms with E-state index in [1.165, 1.54) is 5.56 Å². The minimum Gasteiger partial charge on any atom is -0.381 e. The second kappa shape index (κ2) is 11.7. The van der Waals surface area contributed by atoms with Gasteiger partial charge in [0.1, 0.15) is 0 Å². The van der Waals surface area contributed by atoms with E-state index in [4.69, 9.17) is 9.47 Å². The number of aryl methyl sites for hydroxylation is 2. The van der Waals surface area contributed by atoms with Gasteiger partial charge in [-0.2, -0.15) is 0 Å². The third kappa shape index (κ3) is 5.79. The molecule has 190 valence electrons. The largest absolute Gasteiger partial charge is 0.381 e. The summed E-state index contributed by atoms with van der Waals surface area (Å²) in [5, 5.41) is 4.15. The van der Waals surface area contributed by atoms with Crippen molar-refractivity contribution in [3.05, 3.63) is 71.4 Å². The molecular weight excluding hydrogens is 454 g/mol. The average Bonchev–Trinajstić information content (AvgIpc) is 3.30. The fraction of sp³-hybridized carbons (Fsp3) is 0.448. The summed E-state index contributed by atoms with van der Waals surface area (Å²) < 4.78 is 13.0. The number of benzene rings is 2. The van der Waals surface area contributed by atoms with Crippen LogP contribution in [0.1, 0.15) is 52.0 Å². The maximum Gasteiger partial charge on any atom is 0.256 e. The molecule has 36 heavy (non-hydrogen) atoms. The first-order valence-corrected chi connectivity index (χ1v) is 13.1. The first kappa shape index (κ1) is 24.5. The van der Waals surface area contributed by atoms with E-state index in [0.29, 0.717) is 39.5 Å². The van der Waals surface area contributed by atoms with Crippen LogP contribution in [0.3, 0.4) is 0 Å². The van der Waals surface area contributed by atoms with Crippen molar-refractivity contribution in [1.29, 1.82) is 0 Å². The maximum absolute atomic E-state index is 13.2. The summed E-state index contributed by atoms with van der Waals surface area (Å²) in [6.07, 6.45) is 6.67. The van der Waals surface area contributed by atoms with Gasteiger partial charge in [0.05, 0.1) is 18.8 Å². The van der Waals surface area contributed by atoms with Crippen molar-refractivity contribution in [1.82, 2.24) is 14.8 Å². The van der Waals surface area contributed by atoms with Crippen molar-refractivity contribution in [3.8, 4) is 0 Å². The van der Waals surface area contributed by atoms with Crippen molar-refractivity contribution < 1.29 is 19.1 Å². The number of hydrogen-bond acceptors (Lipinski definition) is 4. The van der Waals surface area contributed by atoms with Crippen LogP contribution in [0.25, 0.3) is 10.9 Å². The fourth-order valence-corrected chi connectivity index (χ4v) is 5.13. The van der Waals surface area contributed by atoms with E-state index in [1.807, 2.05) is 47.5 Å². The topological polar surface area (TPSA) is 72.8 Å². The number of carbonyl (C=O) groups is 2. The number of ether oxygens (including phenoxy) is 2. The Morgan fingerprint density at radius 1 is 0.917 bits per heavy atom. The molecule has 2 saturated heterocycles. The van der Waals surface area contributed by atoms with E-state index in [-0.39, 0.29) is 17.9 Å². The number of nitrogens with one attached hydrogen (secondary N) is 1. The minimum atomic E-state index is 0.0000236. The SMILES string of the molecule is O=C(NC1CCOCC1)c1cccc(CCCCn2cc(C(=O)N3CCOCC3)c3ccccc32)c1. The normalized spacial score (nSPS) is 16.8. The van der Waals surface area contributed by atoms with Crippen molar-refractivity contribution in [2.75, 3.05) is 39.5 Å². The Morgan fingerprint density at radius 3 is 2.53 bits per heavy atom. The van der Waals surface area contributed by atoms with Crippen LogP contribution in [0.15, 0.2) is 54.7 Å². The van der Waals surface area contributed by atoms with Crippen molar-refractivity contribution in [2.24, 2.45) is 0 Å². The molecule has 3 aromatic rings. The predicted molar refractivity (Wildman–Crippen MR) is 139 cm³/mol. The maximum atomic E-state index is 13.2. The quantitative estimate of drug-likeness (QED) is 0.485. The lowest BCUT2D eigenvalue weighted by molar-refractivity contribution is 0.0304. The van der Waals surface area contributed by atoms with E-state index in [9.17, 15) is 9.59 Å². The van der Waals surface area contributed by atoms with Crippen LogP contribution in [-0.2, 0) is 22.4 Å². The molecule has 2 aliphatic rings. The van der Waals surface area contributed by atoms with E-state index in [0.717, 1.165) is 60.7 Å². The number of nitrogens with zero attached hydrogens (tertiary/aromatic N) is 2. The first-order valence-electron chi connectivity index (χ1n) is 13.1. The Hall–Kier alpha value is -3.16. The summed E-state index contributed by atoms with van der Waals surface area (Å²) in [6, 6.07) is 16.3. The van der Waals surface area contributed by atoms with Gasteiger partial charge in [-0.15, -0.1) is 0 Å². The molecule has 7 heteroatoms. The lowest BCUT2D eigenvalue weighted by atomic mass is 10.0. The van der Waals surface area contributed by atoms with Crippen LogP contribution < -0.4 is 5.32 Å². The molecule has 2 amide bonds. The second-order valence-electron chi connectivity index (χ2n) is 9.68. The molecule has 0 aliphatic carbocycles. The summed E-state index contributed by atoms with van der Waals surface area (Å²) in [5.41, 5.74) is 3.77. The fourth-order valence-electron chi connectivity index (χ4n) is 5.13.